The molecule has 2 aromatic rings. The van der Waals surface area contributed by atoms with E-state index in [1.165, 1.54) is 29.8 Å². The Morgan fingerprint density at radius 1 is 1.45 bits per heavy atom. The molecule has 0 bridgehead atoms. The summed E-state index contributed by atoms with van der Waals surface area (Å²) in [5, 5.41) is 9.09. The zero-order chi connectivity index (χ0) is 13.9. The third-order valence-electron chi connectivity index (χ3n) is 3.74. The molecule has 2 heterocycles. The van der Waals surface area contributed by atoms with E-state index < -0.39 is 0 Å². The van der Waals surface area contributed by atoms with Crippen LogP contribution in [-0.2, 0) is 13.0 Å². The first kappa shape index (κ1) is 13.8. The molecule has 0 saturated carbocycles. The first-order valence-electron chi connectivity index (χ1n) is 7.57. The van der Waals surface area contributed by atoms with Crippen LogP contribution in [0.3, 0.4) is 0 Å². The van der Waals surface area contributed by atoms with Gasteiger partial charge in [0, 0.05) is 23.2 Å². The molecule has 0 spiro atoms. The summed E-state index contributed by atoms with van der Waals surface area (Å²) in [6.07, 6.45) is 8.83. The maximum Gasteiger partial charge on any atom is 0.127 e. The molecule has 3 rings (SSSR count). The fourth-order valence-electron chi connectivity index (χ4n) is 2.81. The topological polar surface area (TPSA) is 42.7 Å². The van der Waals surface area contributed by atoms with Gasteiger partial charge in [0.05, 0.1) is 17.9 Å². The van der Waals surface area contributed by atoms with E-state index in [4.69, 9.17) is 4.98 Å². The monoisotopic (exact) mass is 290 g/mol. The molecule has 20 heavy (non-hydrogen) atoms. The highest BCUT2D eigenvalue weighted by Gasteiger charge is 2.24. The van der Waals surface area contributed by atoms with Crippen LogP contribution < -0.4 is 5.32 Å². The Morgan fingerprint density at radius 2 is 2.35 bits per heavy atom. The zero-order valence-electron chi connectivity index (χ0n) is 12.2. The lowest BCUT2D eigenvalue weighted by Crippen LogP contribution is -2.24. The third-order valence-corrected chi connectivity index (χ3v) is 4.92. The molecular formula is C15H22N4S. The second-order valence-electron chi connectivity index (χ2n) is 5.32. The molecule has 5 heteroatoms. The number of nitrogens with zero attached hydrogens (tertiary/aromatic N) is 3. The summed E-state index contributed by atoms with van der Waals surface area (Å²) in [5.74, 6) is 0. The van der Waals surface area contributed by atoms with Gasteiger partial charge in [0.2, 0.25) is 0 Å². The van der Waals surface area contributed by atoms with Crippen molar-refractivity contribution in [3.63, 3.8) is 0 Å². The second kappa shape index (κ2) is 6.06. The molecule has 1 atom stereocenters. The number of hydrogen-bond acceptors (Lipinski definition) is 4. The van der Waals surface area contributed by atoms with E-state index >= 15 is 0 Å². The van der Waals surface area contributed by atoms with Gasteiger partial charge in [0.25, 0.3) is 0 Å². The SMILES string of the molecule is CCCn1cc(-c2nc3c(s2)CCCC3NCC)cn1. The van der Waals surface area contributed by atoms with Crippen molar-refractivity contribution in [2.45, 2.75) is 52.1 Å². The molecule has 0 aliphatic heterocycles. The molecule has 0 saturated heterocycles. The Labute approximate surface area is 124 Å². The number of aromatic nitrogens is 3. The van der Waals surface area contributed by atoms with Gasteiger partial charge in [-0.3, -0.25) is 4.68 Å². The van der Waals surface area contributed by atoms with Crippen LogP contribution in [0, 0.1) is 0 Å². The first-order chi connectivity index (χ1) is 9.81. The molecule has 0 amide bonds. The van der Waals surface area contributed by atoms with E-state index in [-0.39, 0.29) is 0 Å². The van der Waals surface area contributed by atoms with E-state index in [2.05, 4.69) is 30.5 Å². The van der Waals surface area contributed by atoms with Crippen molar-refractivity contribution in [2.75, 3.05) is 6.54 Å². The molecule has 1 unspecified atom stereocenters. The lowest BCUT2D eigenvalue weighted by atomic mass is 9.98. The minimum Gasteiger partial charge on any atom is -0.309 e. The van der Waals surface area contributed by atoms with Crippen LogP contribution in [0.1, 0.15) is 49.7 Å². The van der Waals surface area contributed by atoms with Gasteiger partial charge in [-0.15, -0.1) is 11.3 Å². The third kappa shape index (κ3) is 2.65. The largest absolute Gasteiger partial charge is 0.309 e. The summed E-state index contributed by atoms with van der Waals surface area (Å²) in [4.78, 5) is 6.36. The summed E-state index contributed by atoms with van der Waals surface area (Å²) in [6, 6.07) is 0.444. The molecule has 1 aliphatic rings. The molecular weight excluding hydrogens is 268 g/mol. The van der Waals surface area contributed by atoms with Gasteiger partial charge in [-0.1, -0.05) is 13.8 Å². The molecule has 4 nitrogen and oxygen atoms in total. The second-order valence-corrected chi connectivity index (χ2v) is 6.41. The van der Waals surface area contributed by atoms with Gasteiger partial charge >= 0.3 is 0 Å². The van der Waals surface area contributed by atoms with Gasteiger partial charge in [-0.05, 0) is 32.2 Å². The van der Waals surface area contributed by atoms with Gasteiger partial charge in [0.1, 0.15) is 5.01 Å². The van der Waals surface area contributed by atoms with Crippen molar-refractivity contribution in [3.05, 3.63) is 23.0 Å². The molecule has 0 aromatic carbocycles. The van der Waals surface area contributed by atoms with E-state index in [0.29, 0.717) is 6.04 Å². The van der Waals surface area contributed by atoms with Crippen molar-refractivity contribution in [3.8, 4) is 10.6 Å². The molecule has 1 N–H and O–H groups in total. The zero-order valence-corrected chi connectivity index (χ0v) is 13.0. The van der Waals surface area contributed by atoms with E-state index in [1.807, 2.05) is 22.2 Å². The van der Waals surface area contributed by atoms with Crippen LogP contribution in [0.2, 0.25) is 0 Å². The smallest absolute Gasteiger partial charge is 0.127 e. The van der Waals surface area contributed by atoms with Crippen LogP contribution >= 0.6 is 11.3 Å². The Balaban J connectivity index is 1.87. The Morgan fingerprint density at radius 3 is 3.15 bits per heavy atom. The van der Waals surface area contributed by atoms with E-state index in [0.717, 1.165) is 30.1 Å². The van der Waals surface area contributed by atoms with Crippen molar-refractivity contribution in [2.24, 2.45) is 0 Å². The van der Waals surface area contributed by atoms with Gasteiger partial charge in [-0.2, -0.15) is 5.10 Å². The number of nitrogens with one attached hydrogen (secondary N) is 1. The summed E-state index contributed by atoms with van der Waals surface area (Å²) >= 11 is 1.85. The van der Waals surface area contributed by atoms with Gasteiger partial charge in [-0.25, -0.2) is 4.98 Å². The number of hydrogen-bond donors (Lipinski definition) is 1. The maximum absolute atomic E-state index is 4.90. The Hall–Kier alpha value is -1.20. The van der Waals surface area contributed by atoms with Crippen LogP contribution in [0.4, 0.5) is 0 Å². The average molecular weight is 290 g/mol. The number of fused-ring (bicyclic) bond motifs is 1. The summed E-state index contributed by atoms with van der Waals surface area (Å²) in [7, 11) is 0. The van der Waals surface area contributed by atoms with E-state index in [1.54, 1.807) is 0 Å². The highest BCUT2D eigenvalue weighted by Crippen LogP contribution is 2.36. The highest BCUT2D eigenvalue weighted by atomic mass is 32.1. The van der Waals surface area contributed by atoms with Crippen LogP contribution in [-0.4, -0.2) is 21.3 Å². The number of aryl methyl sites for hydroxylation is 2. The molecule has 2 aromatic heterocycles. The van der Waals surface area contributed by atoms with Crippen molar-refractivity contribution in [1.82, 2.24) is 20.1 Å². The molecule has 1 aliphatic carbocycles. The van der Waals surface area contributed by atoms with Gasteiger partial charge < -0.3 is 5.32 Å². The standard InChI is InChI=1S/C15H22N4S/c1-3-8-19-10-11(9-17-19)15-18-14-12(16-4-2)6-5-7-13(14)20-15/h9-10,12,16H,3-8H2,1-2H3. The van der Waals surface area contributed by atoms with Crippen LogP contribution in [0.25, 0.3) is 10.6 Å². The number of thiazole rings is 1. The molecule has 108 valence electrons. The van der Waals surface area contributed by atoms with Crippen molar-refractivity contribution in [1.29, 1.82) is 0 Å². The normalized spacial score (nSPS) is 18.2. The Bertz CT molecular complexity index is 572. The van der Waals surface area contributed by atoms with Crippen molar-refractivity contribution >= 4 is 11.3 Å². The fraction of sp³-hybridized carbons (Fsp3) is 0.600. The predicted octanol–water partition coefficient (Wildman–Crippen LogP) is 3.40. The Kier molecular flexibility index (Phi) is 4.17. The first-order valence-corrected chi connectivity index (χ1v) is 8.39. The minimum absolute atomic E-state index is 0.444. The lowest BCUT2D eigenvalue weighted by molar-refractivity contribution is 0.465. The average Bonchev–Trinajstić information content (AvgIpc) is 3.06. The van der Waals surface area contributed by atoms with Gasteiger partial charge in [0.15, 0.2) is 0 Å². The summed E-state index contributed by atoms with van der Waals surface area (Å²) in [5.41, 5.74) is 2.44. The lowest BCUT2D eigenvalue weighted by Gasteiger charge is -2.21. The predicted molar refractivity (Wildman–Crippen MR) is 83.0 cm³/mol. The maximum atomic E-state index is 4.90. The van der Waals surface area contributed by atoms with Crippen molar-refractivity contribution < 1.29 is 0 Å². The van der Waals surface area contributed by atoms with Crippen LogP contribution in [0.5, 0.6) is 0 Å². The van der Waals surface area contributed by atoms with Crippen LogP contribution in [0.15, 0.2) is 12.4 Å². The number of rotatable bonds is 5. The fourth-order valence-corrected chi connectivity index (χ4v) is 3.95. The summed E-state index contributed by atoms with van der Waals surface area (Å²) in [6.45, 7) is 6.32. The summed E-state index contributed by atoms with van der Waals surface area (Å²) < 4.78 is 2.01. The molecule has 0 radical (unpaired) electrons. The highest BCUT2D eigenvalue weighted by molar-refractivity contribution is 7.15. The van der Waals surface area contributed by atoms with E-state index in [9.17, 15) is 0 Å². The molecule has 0 fully saturated rings. The quantitative estimate of drug-likeness (QED) is 0.917. The minimum atomic E-state index is 0.444.